The molecule has 84 valence electrons. The van der Waals surface area contributed by atoms with Gasteiger partial charge in [-0.2, -0.15) is 0 Å². The first-order valence-electron chi connectivity index (χ1n) is 5.84. The lowest BCUT2D eigenvalue weighted by molar-refractivity contribution is 0.129. The van der Waals surface area contributed by atoms with E-state index >= 15 is 0 Å². The number of nitrogens with two attached hydrogens (primary N) is 1. The molecule has 1 aromatic rings. The summed E-state index contributed by atoms with van der Waals surface area (Å²) in [6.07, 6.45) is 5.20. The summed E-state index contributed by atoms with van der Waals surface area (Å²) in [4.78, 5) is 2.45. The van der Waals surface area contributed by atoms with Gasteiger partial charge in [-0.3, -0.25) is 4.90 Å². The first kappa shape index (κ1) is 10.7. The smallest absolute Gasteiger partial charge is 0.120 e. The maximum absolute atomic E-state index is 6.00. The van der Waals surface area contributed by atoms with Crippen molar-refractivity contribution in [1.82, 2.24) is 4.90 Å². The van der Waals surface area contributed by atoms with Crippen LogP contribution in [0.4, 0.5) is 0 Å². The van der Waals surface area contributed by atoms with Crippen LogP contribution >= 0.6 is 0 Å². The van der Waals surface area contributed by atoms with Crippen molar-refractivity contribution in [3.8, 4) is 0 Å². The Bertz CT molecular complexity index is 284. The van der Waals surface area contributed by atoms with E-state index in [1.807, 2.05) is 6.07 Å². The Labute approximate surface area is 91.2 Å². The highest BCUT2D eigenvalue weighted by molar-refractivity contribution is 5.05. The Morgan fingerprint density at radius 3 is 3.13 bits per heavy atom. The fourth-order valence-corrected chi connectivity index (χ4v) is 2.44. The molecule has 3 heteroatoms. The fraction of sp³-hybridized carbons (Fsp3) is 0.667. The molecule has 0 amide bonds. The summed E-state index contributed by atoms with van der Waals surface area (Å²) in [6, 6.07) is 4.77. The van der Waals surface area contributed by atoms with Crippen molar-refractivity contribution in [3.63, 3.8) is 0 Å². The van der Waals surface area contributed by atoms with Crippen LogP contribution in [0, 0.1) is 0 Å². The monoisotopic (exact) mass is 208 g/mol. The second-order valence-electron chi connectivity index (χ2n) is 4.34. The van der Waals surface area contributed by atoms with Gasteiger partial charge in [0.25, 0.3) is 0 Å². The summed E-state index contributed by atoms with van der Waals surface area (Å²) in [5.74, 6) is 1.08. The highest BCUT2D eigenvalue weighted by Gasteiger charge is 2.25. The fourth-order valence-electron chi connectivity index (χ4n) is 2.44. The van der Waals surface area contributed by atoms with Crippen molar-refractivity contribution in [2.75, 3.05) is 13.1 Å². The molecule has 1 aliphatic rings. The Morgan fingerprint density at radius 2 is 2.53 bits per heavy atom. The highest BCUT2D eigenvalue weighted by atomic mass is 16.3. The minimum absolute atomic E-state index is 0.336. The number of hydrogen-bond donors (Lipinski definition) is 1. The van der Waals surface area contributed by atoms with Crippen LogP contribution < -0.4 is 5.73 Å². The third kappa shape index (κ3) is 2.41. The minimum atomic E-state index is 0.336. The topological polar surface area (TPSA) is 42.4 Å². The van der Waals surface area contributed by atoms with Crippen molar-refractivity contribution in [2.45, 2.75) is 38.3 Å². The van der Waals surface area contributed by atoms with E-state index in [1.165, 1.54) is 6.42 Å². The number of piperidine rings is 1. The molecule has 0 aromatic carbocycles. The number of likely N-dealkylation sites (tertiary alicyclic amines) is 1. The van der Waals surface area contributed by atoms with Gasteiger partial charge >= 0.3 is 0 Å². The zero-order chi connectivity index (χ0) is 10.7. The molecule has 1 aromatic heterocycles. The maximum atomic E-state index is 6.00. The quantitative estimate of drug-likeness (QED) is 0.827. The summed E-state index contributed by atoms with van der Waals surface area (Å²) in [6.45, 7) is 4.35. The molecule has 2 rings (SSSR count). The molecule has 0 aliphatic carbocycles. The van der Waals surface area contributed by atoms with Crippen LogP contribution in [0.15, 0.2) is 22.8 Å². The van der Waals surface area contributed by atoms with E-state index in [-0.39, 0.29) is 0 Å². The molecule has 0 radical (unpaired) electrons. The highest BCUT2D eigenvalue weighted by Crippen LogP contribution is 2.27. The van der Waals surface area contributed by atoms with Gasteiger partial charge in [0.1, 0.15) is 5.76 Å². The van der Waals surface area contributed by atoms with Gasteiger partial charge in [0.2, 0.25) is 0 Å². The van der Waals surface area contributed by atoms with Crippen molar-refractivity contribution < 1.29 is 4.42 Å². The molecule has 1 fully saturated rings. The van der Waals surface area contributed by atoms with Gasteiger partial charge < -0.3 is 10.2 Å². The number of furan rings is 1. The third-order valence-electron chi connectivity index (χ3n) is 3.19. The summed E-state index contributed by atoms with van der Waals surface area (Å²) in [7, 11) is 0. The largest absolute Gasteiger partial charge is 0.468 e. The lowest BCUT2D eigenvalue weighted by atomic mass is 10.0. The van der Waals surface area contributed by atoms with Gasteiger partial charge in [0.05, 0.1) is 12.3 Å². The molecule has 15 heavy (non-hydrogen) atoms. The first-order chi connectivity index (χ1) is 7.31. The van der Waals surface area contributed by atoms with E-state index in [0.717, 1.165) is 31.7 Å². The SMILES string of the molecule is CCC(c1ccco1)N1CCCC(N)C1. The second-order valence-corrected chi connectivity index (χ2v) is 4.34. The normalized spacial score (nSPS) is 25.3. The lowest BCUT2D eigenvalue weighted by Gasteiger charge is -2.35. The molecule has 3 nitrogen and oxygen atoms in total. The lowest BCUT2D eigenvalue weighted by Crippen LogP contribution is -2.44. The molecule has 0 spiro atoms. The molecular weight excluding hydrogens is 188 g/mol. The van der Waals surface area contributed by atoms with Gasteiger partial charge in [-0.15, -0.1) is 0 Å². The van der Waals surface area contributed by atoms with E-state index in [4.69, 9.17) is 10.2 Å². The van der Waals surface area contributed by atoms with E-state index in [9.17, 15) is 0 Å². The second kappa shape index (κ2) is 4.81. The van der Waals surface area contributed by atoms with Crippen LogP contribution in [-0.2, 0) is 0 Å². The molecule has 2 unspecified atom stereocenters. The van der Waals surface area contributed by atoms with E-state index in [0.29, 0.717) is 12.1 Å². The van der Waals surface area contributed by atoms with Crippen molar-refractivity contribution in [2.24, 2.45) is 5.73 Å². The average Bonchev–Trinajstić information content (AvgIpc) is 2.72. The number of nitrogens with zero attached hydrogens (tertiary/aromatic N) is 1. The van der Waals surface area contributed by atoms with Crippen LogP contribution in [0.1, 0.15) is 38.0 Å². The van der Waals surface area contributed by atoms with Gasteiger partial charge in [0.15, 0.2) is 0 Å². The van der Waals surface area contributed by atoms with E-state index < -0.39 is 0 Å². The maximum Gasteiger partial charge on any atom is 0.120 e. The predicted octanol–water partition coefficient (Wildman–Crippen LogP) is 2.15. The predicted molar refractivity (Wildman–Crippen MR) is 60.5 cm³/mol. The van der Waals surface area contributed by atoms with Crippen molar-refractivity contribution >= 4 is 0 Å². The minimum Gasteiger partial charge on any atom is -0.468 e. The van der Waals surface area contributed by atoms with Crippen molar-refractivity contribution in [1.29, 1.82) is 0 Å². The Morgan fingerprint density at radius 1 is 1.67 bits per heavy atom. The summed E-state index contributed by atoms with van der Waals surface area (Å²) in [5.41, 5.74) is 6.00. The van der Waals surface area contributed by atoms with Gasteiger partial charge in [-0.05, 0) is 37.9 Å². The van der Waals surface area contributed by atoms with Crippen LogP contribution in [-0.4, -0.2) is 24.0 Å². The molecule has 0 bridgehead atoms. The summed E-state index contributed by atoms with van der Waals surface area (Å²) < 4.78 is 5.49. The van der Waals surface area contributed by atoms with Gasteiger partial charge in [-0.25, -0.2) is 0 Å². The van der Waals surface area contributed by atoms with Crippen molar-refractivity contribution in [3.05, 3.63) is 24.2 Å². The standard InChI is InChI=1S/C12H20N2O/c1-2-11(12-6-4-8-15-12)14-7-3-5-10(13)9-14/h4,6,8,10-11H,2-3,5,7,9,13H2,1H3. The summed E-state index contributed by atoms with van der Waals surface area (Å²) >= 11 is 0. The Balaban J connectivity index is 2.06. The van der Waals surface area contributed by atoms with E-state index in [1.54, 1.807) is 6.26 Å². The van der Waals surface area contributed by atoms with Crippen LogP contribution in [0.5, 0.6) is 0 Å². The van der Waals surface area contributed by atoms with E-state index in [2.05, 4.69) is 17.9 Å². The third-order valence-corrected chi connectivity index (χ3v) is 3.19. The molecule has 0 saturated carbocycles. The number of rotatable bonds is 3. The molecule has 2 N–H and O–H groups in total. The van der Waals surface area contributed by atoms with Gasteiger partial charge in [0, 0.05) is 12.6 Å². The Hall–Kier alpha value is -0.800. The summed E-state index contributed by atoms with van der Waals surface area (Å²) in [5, 5.41) is 0. The molecule has 2 atom stereocenters. The van der Waals surface area contributed by atoms with Crippen LogP contribution in [0.2, 0.25) is 0 Å². The van der Waals surface area contributed by atoms with Crippen LogP contribution in [0.3, 0.4) is 0 Å². The molecule has 1 saturated heterocycles. The van der Waals surface area contributed by atoms with Crippen LogP contribution in [0.25, 0.3) is 0 Å². The molecule has 1 aliphatic heterocycles. The zero-order valence-electron chi connectivity index (χ0n) is 9.36. The zero-order valence-corrected chi connectivity index (χ0v) is 9.36. The Kier molecular flexibility index (Phi) is 3.44. The average molecular weight is 208 g/mol. The van der Waals surface area contributed by atoms with Gasteiger partial charge in [-0.1, -0.05) is 6.92 Å². The molecular formula is C12H20N2O. The first-order valence-corrected chi connectivity index (χ1v) is 5.84. The number of hydrogen-bond acceptors (Lipinski definition) is 3. The molecule has 2 heterocycles.